The van der Waals surface area contributed by atoms with Crippen LogP contribution in [0.2, 0.25) is 0 Å². The van der Waals surface area contributed by atoms with Crippen LogP contribution in [0.25, 0.3) is 0 Å². The van der Waals surface area contributed by atoms with E-state index in [1.165, 1.54) is 7.05 Å². The number of carboxylic acid groups (broad SMARTS) is 1. The summed E-state index contributed by atoms with van der Waals surface area (Å²) >= 11 is 0. The van der Waals surface area contributed by atoms with E-state index < -0.39 is 23.8 Å². The molecule has 0 aromatic heterocycles. The Morgan fingerprint density at radius 1 is 1.20 bits per heavy atom. The number of benzene rings is 1. The van der Waals surface area contributed by atoms with Gasteiger partial charge in [0.25, 0.3) is 0 Å². The molecule has 2 aliphatic rings. The highest BCUT2D eigenvalue weighted by atomic mass is 16.5. The van der Waals surface area contributed by atoms with Crippen LogP contribution in [0.5, 0.6) is 5.75 Å². The molecule has 0 spiro atoms. The molecule has 2 aliphatic heterocycles. The molecule has 0 aliphatic carbocycles. The van der Waals surface area contributed by atoms with Crippen molar-refractivity contribution in [1.82, 2.24) is 10.6 Å². The highest BCUT2D eigenvalue weighted by Gasteiger charge is 2.35. The largest absolute Gasteiger partial charge is 0.494 e. The highest BCUT2D eigenvalue weighted by Crippen LogP contribution is 2.27. The monoisotopic (exact) mass is 418 g/mol. The van der Waals surface area contributed by atoms with E-state index in [0.29, 0.717) is 32.3 Å². The smallest absolute Gasteiger partial charge is 0.307 e. The molecule has 2 amide bonds. The van der Waals surface area contributed by atoms with E-state index in [4.69, 9.17) is 4.74 Å². The van der Waals surface area contributed by atoms with Crippen LogP contribution in [-0.4, -0.2) is 42.6 Å². The van der Waals surface area contributed by atoms with Gasteiger partial charge in [0, 0.05) is 13.5 Å². The van der Waals surface area contributed by atoms with Gasteiger partial charge in [-0.3, -0.25) is 14.4 Å². The fourth-order valence-electron chi connectivity index (χ4n) is 3.91. The second-order valence-corrected chi connectivity index (χ2v) is 8.40. The Hall–Kier alpha value is -2.57. The molecular formula is C23H34N2O5. The number of amides is 2. The van der Waals surface area contributed by atoms with Crippen LogP contribution in [-0.2, 0) is 20.8 Å². The van der Waals surface area contributed by atoms with Gasteiger partial charge in [0.15, 0.2) is 0 Å². The van der Waals surface area contributed by atoms with Crippen LogP contribution >= 0.6 is 0 Å². The fourth-order valence-corrected chi connectivity index (χ4v) is 3.91. The zero-order chi connectivity index (χ0) is 22.1. The van der Waals surface area contributed by atoms with Crippen molar-refractivity contribution in [3.05, 3.63) is 29.8 Å². The topological polar surface area (TPSA) is 105 Å². The lowest BCUT2D eigenvalue weighted by molar-refractivity contribution is -0.148. The number of likely N-dealkylation sites (N-methyl/N-ethyl adjacent to an activating group) is 1. The Bertz CT molecular complexity index is 717. The van der Waals surface area contributed by atoms with E-state index in [1.54, 1.807) is 0 Å². The number of hydrogen-bond acceptors (Lipinski definition) is 4. The van der Waals surface area contributed by atoms with E-state index in [-0.39, 0.29) is 17.7 Å². The Morgan fingerprint density at radius 3 is 2.50 bits per heavy atom. The SMILES string of the molecule is CNC(=O)[C@@H]1Cc2ccc(cc2)OCCCCC[C@H](C(=O)O)[C@@H](CC(C)C)C(=O)N1. The number of fused-ring (bicyclic) bond motifs is 13. The molecule has 0 unspecified atom stereocenters. The standard InChI is InChI=1S/C23H34N2O5/c1-15(2)13-19-18(23(28)29)7-5-4-6-12-30-17-10-8-16(9-11-17)14-20(22(27)24-3)25-21(19)26/h8-11,15,18-20H,4-7,12-14H2,1-3H3,(H,24,27)(H,25,26)(H,28,29)/t18-,19+,20-/m0/s1. The van der Waals surface area contributed by atoms with Crippen molar-refractivity contribution in [2.24, 2.45) is 17.8 Å². The molecule has 2 bridgehead atoms. The minimum Gasteiger partial charge on any atom is -0.494 e. The minimum absolute atomic E-state index is 0.160. The number of carbonyl (C=O) groups excluding carboxylic acids is 2. The van der Waals surface area contributed by atoms with Gasteiger partial charge in [-0.15, -0.1) is 0 Å². The van der Waals surface area contributed by atoms with Gasteiger partial charge >= 0.3 is 5.97 Å². The van der Waals surface area contributed by atoms with Gasteiger partial charge in [0.2, 0.25) is 11.8 Å². The number of aliphatic carboxylic acids is 1. The van der Waals surface area contributed by atoms with Gasteiger partial charge in [0.1, 0.15) is 11.8 Å². The maximum Gasteiger partial charge on any atom is 0.307 e. The third-order valence-corrected chi connectivity index (χ3v) is 5.54. The van der Waals surface area contributed by atoms with Gasteiger partial charge in [0.05, 0.1) is 18.4 Å². The van der Waals surface area contributed by atoms with E-state index in [1.807, 2.05) is 38.1 Å². The molecule has 0 saturated carbocycles. The molecule has 3 N–H and O–H groups in total. The summed E-state index contributed by atoms with van der Waals surface area (Å²) in [5, 5.41) is 15.2. The summed E-state index contributed by atoms with van der Waals surface area (Å²) in [5.41, 5.74) is 0.888. The average molecular weight is 419 g/mol. The molecular weight excluding hydrogens is 384 g/mol. The van der Waals surface area contributed by atoms with Gasteiger partial charge in [-0.2, -0.15) is 0 Å². The van der Waals surface area contributed by atoms with E-state index in [0.717, 1.165) is 24.2 Å². The number of carboxylic acids is 1. The van der Waals surface area contributed by atoms with Crippen molar-refractivity contribution < 1.29 is 24.2 Å². The van der Waals surface area contributed by atoms with Crippen LogP contribution < -0.4 is 15.4 Å². The van der Waals surface area contributed by atoms with Crippen molar-refractivity contribution in [1.29, 1.82) is 0 Å². The Kier molecular flexibility index (Phi) is 9.15. The van der Waals surface area contributed by atoms with E-state index in [2.05, 4.69) is 10.6 Å². The third kappa shape index (κ3) is 7.04. The lowest BCUT2D eigenvalue weighted by Crippen LogP contribution is -2.50. The zero-order valence-corrected chi connectivity index (χ0v) is 18.1. The van der Waals surface area contributed by atoms with Crippen molar-refractivity contribution in [2.45, 2.75) is 58.4 Å². The third-order valence-electron chi connectivity index (χ3n) is 5.54. The van der Waals surface area contributed by atoms with Gasteiger partial charge < -0.3 is 20.5 Å². The number of ether oxygens (including phenoxy) is 1. The summed E-state index contributed by atoms with van der Waals surface area (Å²) in [4.78, 5) is 37.6. The van der Waals surface area contributed by atoms with Gasteiger partial charge in [-0.05, 0) is 42.9 Å². The maximum absolute atomic E-state index is 13.2. The first kappa shape index (κ1) is 23.7. The first-order valence-corrected chi connectivity index (χ1v) is 10.8. The molecule has 1 aromatic rings. The first-order valence-electron chi connectivity index (χ1n) is 10.8. The summed E-state index contributed by atoms with van der Waals surface area (Å²) in [5.74, 6) is -2.17. The summed E-state index contributed by atoms with van der Waals surface area (Å²) in [6.45, 7) is 4.51. The second kappa shape index (κ2) is 11.6. The molecule has 0 radical (unpaired) electrons. The Morgan fingerprint density at radius 2 is 1.90 bits per heavy atom. The summed E-state index contributed by atoms with van der Waals surface area (Å²) in [6, 6.07) is 6.73. The molecule has 3 atom stereocenters. The zero-order valence-electron chi connectivity index (χ0n) is 18.1. The number of hydrogen-bond donors (Lipinski definition) is 3. The van der Waals surface area contributed by atoms with Crippen molar-refractivity contribution >= 4 is 17.8 Å². The van der Waals surface area contributed by atoms with Gasteiger partial charge in [-0.1, -0.05) is 38.8 Å². The fraction of sp³-hybridized carbons (Fsp3) is 0.609. The summed E-state index contributed by atoms with van der Waals surface area (Å²) < 4.78 is 5.75. The lowest BCUT2D eigenvalue weighted by Gasteiger charge is -2.27. The molecule has 7 nitrogen and oxygen atoms in total. The van der Waals surface area contributed by atoms with Crippen molar-refractivity contribution in [2.75, 3.05) is 13.7 Å². The second-order valence-electron chi connectivity index (χ2n) is 8.40. The lowest BCUT2D eigenvalue weighted by atomic mass is 9.81. The van der Waals surface area contributed by atoms with E-state index in [9.17, 15) is 19.5 Å². The Labute approximate surface area is 178 Å². The van der Waals surface area contributed by atoms with Crippen LogP contribution in [0, 0.1) is 17.8 Å². The first-order chi connectivity index (χ1) is 14.3. The molecule has 1 aromatic carbocycles. The summed E-state index contributed by atoms with van der Waals surface area (Å²) in [7, 11) is 1.52. The van der Waals surface area contributed by atoms with E-state index >= 15 is 0 Å². The quantitative estimate of drug-likeness (QED) is 0.697. The van der Waals surface area contributed by atoms with Crippen molar-refractivity contribution in [3.63, 3.8) is 0 Å². The molecule has 2 heterocycles. The van der Waals surface area contributed by atoms with Crippen LogP contribution in [0.4, 0.5) is 0 Å². The number of nitrogens with one attached hydrogen (secondary N) is 2. The van der Waals surface area contributed by atoms with Crippen LogP contribution in [0.15, 0.2) is 24.3 Å². The van der Waals surface area contributed by atoms with Crippen LogP contribution in [0.3, 0.4) is 0 Å². The normalized spacial score (nSPS) is 23.5. The molecule has 0 fully saturated rings. The Balaban J connectivity index is 2.33. The minimum atomic E-state index is -0.959. The maximum atomic E-state index is 13.2. The molecule has 3 rings (SSSR count). The molecule has 7 heteroatoms. The predicted molar refractivity (Wildman–Crippen MR) is 114 cm³/mol. The molecule has 166 valence electrons. The molecule has 0 saturated heterocycles. The van der Waals surface area contributed by atoms with Crippen molar-refractivity contribution in [3.8, 4) is 5.75 Å². The molecule has 30 heavy (non-hydrogen) atoms. The van der Waals surface area contributed by atoms with Crippen LogP contribution in [0.1, 0.15) is 51.5 Å². The number of rotatable bonds is 4. The number of carbonyl (C=O) groups is 3. The van der Waals surface area contributed by atoms with Gasteiger partial charge in [-0.25, -0.2) is 0 Å². The summed E-state index contributed by atoms with van der Waals surface area (Å²) in [6.07, 6.45) is 3.57. The average Bonchev–Trinajstić information content (AvgIpc) is 2.70. The predicted octanol–water partition coefficient (Wildman–Crippen LogP) is 2.78. The highest BCUT2D eigenvalue weighted by molar-refractivity contribution is 5.90.